The van der Waals surface area contributed by atoms with Crippen molar-refractivity contribution in [3.05, 3.63) is 23.8 Å². The molecule has 0 aliphatic carbocycles. The lowest BCUT2D eigenvalue weighted by molar-refractivity contribution is -0.884. The Bertz CT molecular complexity index is 580. The second kappa shape index (κ2) is 18.3. The molecule has 1 aromatic carbocycles. The summed E-state index contributed by atoms with van der Waals surface area (Å²) in [6.45, 7) is 4.12. The van der Waals surface area contributed by atoms with E-state index in [9.17, 15) is 0 Å². The average Bonchev–Trinajstić information content (AvgIpc) is 2.64. The van der Waals surface area contributed by atoms with E-state index in [4.69, 9.17) is 4.74 Å². The highest BCUT2D eigenvalue weighted by Crippen LogP contribution is 2.29. The standard InChI is InChI=1S/C27H52N2O.2BrH/c1-8-9-10-11-12-13-14-15-16-17-18-19-22-30-27-23-26(29(5,6)7)21-20-25(27)24-28(2,3)4;;/h20-21,23H,8-19,22,24H2,1-7H3;2*1H/q+2;;/p-2. The lowest BCUT2D eigenvalue weighted by Crippen LogP contribution is -3.00. The summed E-state index contributed by atoms with van der Waals surface area (Å²) in [7, 11) is 13.4. The van der Waals surface area contributed by atoms with Gasteiger partial charge >= 0.3 is 0 Å². The third-order valence-corrected chi connectivity index (χ3v) is 5.73. The fourth-order valence-corrected chi connectivity index (χ4v) is 3.86. The summed E-state index contributed by atoms with van der Waals surface area (Å²) in [6, 6.07) is 6.77. The van der Waals surface area contributed by atoms with Crippen LogP contribution in [0.2, 0.25) is 0 Å². The predicted molar refractivity (Wildman–Crippen MR) is 134 cm³/mol. The van der Waals surface area contributed by atoms with Crippen LogP contribution in [0.4, 0.5) is 5.69 Å². The van der Waals surface area contributed by atoms with E-state index in [-0.39, 0.29) is 34.0 Å². The van der Waals surface area contributed by atoms with E-state index < -0.39 is 0 Å². The van der Waals surface area contributed by atoms with Crippen LogP contribution in [0.15, 0.2) is 18.2 Å². The van der Waals surface area contributed by atoms with Gasteiger partial charge in [0.25, 0.3) is 0 Å². The quantitative estimate of drug-likeness (QED) is 0.199. The van der Waals surface area contributed by atoms with Gasteiger partial charge in [-0.2, -0.15) is 0 Å². The van der Waals surface area contributed by atoms with Crippen molar-refractivity contribution in [3.8, 4) is 5.75 Å². The lowest BCUT2D eigenvalue weighted by Gasteiger charge is -2.27. The van der Waals surface area contributed by atoms with E-state index in [1.807, 2.05) is 0 Å². The number of hydrogen-bond donors (Lipinski definition) is 0. The van der Waals surface area contributed by atoms with Crippen molar-refractivity contribution in [2.45, 2.75) is 90.5 Å². The summed E-state index contributed by atoms with van der Waals surface area (Å²) < 4.78 is 8.03. The maximum Gasteiger partial charge on any atom is 0.135 e. The molecule has 1 aromatic rings. The monoisotopic (exact) mass is 578 g/mol. The summed E-state index contributed by atoms with van der Waals surface area (Å²) in [4.78, 5) is 0. The Kier molecular flexibility index (Phi) is 19.4. The normalized spacial score (nSPS) is 11.6. The second-order valence-electron chi connectivity index (χ2n) is 11.0. The Morgan fingerprint density at radius 3 is 1.56 bits per heavy atom. The van der Waals surface area contributed by atoms with E-state index in [1.54, 1.807) is 0 Å². The first-order valence-corrected chi connectivity index (χ1v) is 12.5. The molecule has 0 radical (unpaired) electrons. The molecule has 1 rings (SSSR count). The molecule has 3 nitrogen and oxygen atoms in total. The number of nitrogens with zero attached hydrogens (tertiary/aromatic N) is 2. The Hall–Kier alpha value is -0.100. The van der Waals surface area contributed by atoms with Gasteiger partial charge in [0.05, 0.1) is 48.9 Å². The minimum Gasteiger partial charge on any atom is -1.00 e. The van der Waals surface area contributed by atoms with Gasteiger partial charge in [0.15, 0.2) is 0 Å². The fraction of sp³-hybridized carbons (Fsp3) is 0.778. The molecule has 32 heavy (non-hydrogen) atoms. The molecule has 0 heterocycles. The van der Waals surface area contributed by atoms with Crippen LogP contribution in [0.1, 0.15) is 89.5 Å². The van der Waals surface area contributed by atoms with Crippen molar-refractivity contribution in [1.29, 1.82) is 0 Å². The van der Waals surface area contributed by atoms with Crippen molar-refractivity contribution in [2.24, 2.45) is 0 Å². The molecule has 0 aliphatic heterocycles. The maximum atomic E-state index is 6.29. The smallest absolute Gasteiger partial charge is 0.135 e. The van der Waals surface area contributed by atoms with E-state index in [2.05, 4.69) is 67.4 Å². The van der Waals surface area contributed by atoms with Gasteiger partial charge in [-0.3, -0.25) is 4.48 Å². The zero-order valence-electron chi connectivity index (χ0n) is 22.2. The average molecular weight is 581 g/mol. The van der Waals surface area contributed by atoms with E-state index in [1.165, 1.54) is 81.9 Å². The molecular formula is C27H52Br2N2O. The first-order chi connectivity index (χ1) is 14.1. The van der Waals surface area contributed by atoms with Crippen molar-refractivity contribution in [3.63, 3.8) is 0 Å². The van der Waals surface area contributed by atoms with Gasteiger partial charge in [0, 0.05) is 11.6 Å². The SMILES string of the molecule is CCCCCCCCCCCCCCOc1cc([N+](C)(C)C)ccc1C[N+](C)(C)C.[Br-].[Br-]. The summed E-state index contributed by atoms with van der Waals surface area (Å²) >= 11 is 0. The van der Waals surface area contributed by atoms with E-state index in [0.29, 0.717) is 0 Å². The number of benzene rings is 1. The Morgan fingerprint density at radius 2 is 1.12 bits per heavy atom. The van der Waals surface area contributed by atoms with Gasteiger partial charge in [0.1, 0.15) is 18.0 Å². The third-order valence-electron chi connectivity index (χ3n) is 5.73. The molecule has 0 aliphatic rings. The van der Waals surface area contributed by atoms with Crippen LogP contribution >= 0.6 is 0 Å². The molecule has 0 bridgehead atoms. The lowest BCUT2D eigenvalue weighted by atomic mass is 10.1. The summed E-state index contributed by atoms with van der Waals surface area (Å²) in [5.41, 5.74) is 2.61. The van der Waals surface area contributed by atoms with Gasteiger partial charge in [-0.05, 0) is 18.6 Å². The first kappa shape index (κ1) is 34.1. The van der Waals surface area contributed by atoms with Crippen LogP contribution in [0.5, 0.6) is 5.75 Å². The Balaban J connectivity index is 0. The molecule has 0 saturated heterocycles. The van der Waals surface area contributed by atoms with Crippen molar-refractivity contribution in [2.75, 3.05) is 48.9 Å². The van der Waals surface area contributed by atoms with E-state index >= 15 is 0 Å². The Labute approximate surface area is 221 Å². The predicted octanol–water partition coefficient (Wildman–Crippen LogP) is 1.18. The number of ether oxygens (including phenoxy) is 1. The van der Waals surface area contributed by atoms with Gasteiger partial charge in [-0.1, -0.05) is 77.6 Å². The molecule has 5 heteroatoms. The van der Waals surface area contributed by atoms with Crippen molar-refractivity contribution in [1.82, 2.24) is 4.48 Å². The van der Waals surface area contributed by atoms with Gasteiger partial charge in [-0.25, -0.2) is 0 Å². The second-order valence-corrected chi connectivity index (χ2v) is 11.0. The first-order valence-electron chi connectivity index (χ1n) is 12.5. The molecule has 0 amide bonds. The number of halogens is 2. The molecule has 0 saturated carbocycles. The molecule has 0 unspecified atom stereocenters. The minimum atomic E-state index is 0. The number of quaternary nitrogens is 2. The summed E-state index contributed by atoms with van der Waals surface area (Å²) in [6.07, 6.45) is 16.5. The molecule has 0 spiro atoms. The number of rotatable bonds is 17. The highest BCUT2D eigenvalue weighted by Gasteiger charge is 2.19. The highest BCUT2D eigenvalue weighted by atomic mass is 79.9. The summed E-state index contributed by atoms with van der Waals surface area (Å²) in [5, 5.41) is 0. The minimum absolute atomic E-state index is 0. The summed E-state index contributed by atoms with van der Waals surface area (Å²) in [5.74, 6) is 1.08. The fourth-order valence-electron chi connectivity index (χ4n) is 3.86. The van der Waals surface area contributed by atoms with Crippen LogP contribution < -0.4 is 43.2 Å². The molecule has 190 valence electrons. The zero-order chi connectivity index (χ0) is 22.5. The molecule has 0 fully saturated rings. The third kappa shape index (κ3) is 16.5. The number of unbranched alkanes of at least 4 members (excludes halogenated alkanes) is 11. The molecule has 0 atom stereocenters. The maximum absolute atomic E-state index is 6.29. The van der Waals surface area contributed by atoms with Crippen LogP contribution in [0, 0.1) is 0 Å². The van der Waals surface area contributed by atoms with Crippen molar-refractivity contribution < 1.29 is 43.2 Å². The topological polar surface area (TPSA) is 9.23 Å². The largest absolute Gasteiger partial charge is 1.00 e. The highest BCUT2D eigenvalue weighted by molar-refractivity contribution is 5.50. The van der Waals surface area contributed by atoms with Crippen LogP contribution in [0.25, 0.3) is 0 Å². The van der Waals surface area contributed by atoms with Crippen molar-refractivity contribution >= 4 is 5.69 Å². The van der Waals surface area contributed by atoms with Gasteiger partial charge < -0.3 is 43.2 Å². The Morgan fingerprint density at radius 1 is 0.656 bits per heavy atom. The van der Waals surface area contributed by atoms with Crippen LogP contribution in [-0.4, -0.2) is 53.4 Å². The number of hydrogen-bond acceptors (Lipinski definition) is 1. The molecule has 0 N–H and O–H groups in total. The van der Waals surface area contributed by atoms with Gasteiger partial charge in [0.2, 0.25) is 0 Å². The van der Waals surface area contributed by atoms with Gasteiger partial charge in [-0.15, -0.1) is 0 Å². The zero-order valence-corrected chi connectivity index (χ0v) is 25.4. The van der Waals surface area contributed by atoms with Crippen LogP contribution in [-0.2, 0) is 6.54 Å². The molecule has 0 aromatic heterocycles. The van der Waals surface area contributed by atoms with E-state index in [0.717, 1.165) is 34.3 Å². The molecular weight excluding hydrogens is 528 g/mol. The van der Waals surface area contributed by atoms with Crippen LogP contribution in [0.3, 0.4) is 0 Å².